The zero-order chi connectivity index (χ0) is 13.2. The van der Waals surface area contributed by atoms with Crippen LogP contribution in [0.25, 0.3) is 0 Å². The molecule has 0 aromatic carbocycles. The Kier molecular flexibility index (Phi) is 3.94. The van der Waals surface area contributed by atoms with Gasteiger partial charge in [0.15, 0.2) is 0 Å². The van der Waals surface area contributed by atoms with Crippen LogP contribution in [0.2, 0.25) is 0 Å². The number of nitrogens with zero attached hydrogens (tertiary/aromatic N) is 1. The van der Waals surface area contributed by atoms with Gasteiger partial charge in [0.1, 0.15) is 0 Å². The minimum atomic E-state index is -2.56. The third kappa shape index (κ3) is 3.25. The summed E-state index contributed by atoms with van der Waals surface area (Å²) in [6.07, 6.45) is 0.399. The molecule has 0 saturated heterocycles. The Labute approximate surface area is 108 Å². The van der Waals surface area contributed by atoms with E-state index in [4.69, 9.17) is 4.74 Å². The van der Waals surface area contributed by atoms with E-state index in [9.17, 15) is 13.6 Å². The molecule has 6 heteroatoms. The molecule has 0 spiro atoms. The van der Waals surface area contributed by atoms with Crippen LogP contribution in [0, 0.1) is 0 Å². The van der Waals surface area contributed by atoms with Crippen molar-refractivity contribution in [1.29, 1.82) is 0 Å². The number of carbonyl (C=O) groups is 1. The lowest BCUT2D eigenvalue weighted by atomic mass is 10.1. The summed E-state index contributed by atoms with van der Waals surface area (Å²) in [6.45, 7) is 2.08. The number of aromatic nitrogens is 1. The molecular formula is C12H15F2NO2S. The molecule has 1 unspecified atom stereocenters. The molecule has 1 aliphatic carbocycles. The van der Waals surface area contributed by atoms with Crippen LogP contribution in [0.4, 0.5) is 8.78 Å². The van der Waals surface area contributed by atoms with E-state index in [2.05, 4.69) is 4.98 Å². The molecule has 1 aliphatic rings. The highest BCUT2D eigenvalue weighted by Crippen LogP contribution is 2.44. The third-order valence-corrected chi connectivity index (χ3v) is 4.01. The number of ether oxygens (including phenoxy) is 1. The summed E-state index contributed by atoms with van der Waals surface area (Å²) in [5.41, 5.74) is 0.615. The zero-order valence-corrected chi connectivity index (χ0v) is 10.9. The Morgan fingerprint density at radius 2 is 2.44 bits per heavy atom. The molecular weight excluding hydrogens is 260 g/mol. The Morgan fingerprint density at radius 1 is 1.67 bits per heavy atom. The van der Waals surface area contributed by atoms with Gasteiger partial charge in [0, 0.05) is 24.1 Å². The van der Waals surface area contributed by atoms with Crippen LogP contribution in [-0.4, -0.2) is 23.5 Å². The van der Waals surface area contributed by atoms with Gasteiger partial charge in [-0.1, -0.05) is 0 Å². The first kappa shape index (κ1) is 13.4. The van der Waals surface area contributed by atoms with E-state index in [-0.39, 0.29) is 31.1 Å². The van der Waals surface area contributed by atoms with E-state index in [1.165, 1.54) is 11.3 Å². The topological polar surface area (TPSA) is 39.2 Å². The number of rotatable bonds is 4. The molecule has 18 heavy (non-hydrogen) atoms. The lowest BCUT2D eigenvalue weighted by Crippen LogP contribution is -2.09. The second kappa shape index (κ2) is 5.30. The molecule has 3 nitrogen and oxygen atoms in total. The minimum absolute atomic E-state index is 0.0650. The highest BCUT2D eigenvalue weighted by molar-refractivity contribution is 7.09. The van der Waals surface area contributed by atoms with Crippen molar-refractivity contribution in [3.63, 3.8) is 0 Å². The lowest BCUT2D eigenvalue weighted by Gasteiger charge is -2.07. The van der Waals surface area contributed by atoms with Gasteiger partial charge in [-0.3, -0.25) is 4.79 Å². The van der Waals surface area contributed by atoms with Crippen LogP contribution < -0.4 is 0 Å². The van der Waals surface area contributed by atoms with Gasteiger partial charge in [-0.05, 0) is 13.3 Å². The van der Waals surface area contributed by atoms with Crippen LogP contribution >= 0.6 is 11.3 Å². The molecule has 1 atom stereocenters. The average Bonchev–Trinajstić information content (AvgIpc) is 2.85. The van der Waals surface area contributed by atoms with Crippen molar-refractivity contribution in [2.75, 3.05) is 6.61 Å². The summed E-state index contributed by atoms with van der Waals surface area (Å²) in [6, 6.07) is 0. The van der Waals surface area contributed by atoms with Crippen molar-refractivity contribution in [2.24, 2.45) is 0 Å². The Bertz CT molecular complexity index is 433. The van der Waals surface area contributed by atoms with Gasteiger partial charge in [0.25, 0.3) is 0 Å². The lowest BCUT2D eigenvalue weighted by molar-refractivity contribution is -0.142. The number of esters is 1. The predicted molar refractivity (Wildman–Crippen MR) is 64.0 cm³/mol. The van der Waals surface area contributed by atoms with Gasteiger partial charge < -0.3 is 4.74 Å². The van der Waals surface area contributed by atoms with E-state index in [1.54, 1.807) is 12.3 Å². The number of hydrogen-bond acceptors (Lipinski definition) is 4. The normalized spacial score (nSPS) is 22.1. The average molecular weight is 275 g/mol. The zero-order valence-electron chi connectivity index (χ0n) is 10.1. The molecule has 1 fully saturated rings. The minimum Gasteiger partial charge on any atom is -0.466 e. The second-order valence-electron chi connectivity index (χ2n) is 4.45. The summed E-state index contributed by atoms with van der Waals surface area (Å²) >= 11 is 1.36. The number of hydrogen-bond donors (Lipinski definition) is 0. The quantitative estimate of drug-likeness (QED) is 0.792. The van der Waals surface area contributed by atoms with E-state index >= 15 is 0 Å². The molecule has 0 amide bonds. The number of carbonyl (C=O) groups excluding carboxylic acids is 1. The van der Waals surface area contributed by atoms with Gasteiger partial charge in [0.05, 0.1) is 23.7 Å². The van der Waals surface area contributed by atoms with Crippen LogP contribution in [0.15, 0.2) is 5.38 Å². The number of alkyl halides is 2. The van der Waals surface area contributed by atoms with Crippen molar-refractivity contribution in [2.45, 2.75) is 44.4 Å². The Morgan fingerprint density at radius 3 is 3.06 bits per heavy atom. The summed E-state index contributed by atoms with van der Waals surface area (Å²) in [4.78, 5) is 15.5. The van der Waals surface area contributed by atoms with Crippen LogP contribution in [0.3, 0.4) is 0 Å². The Balaban J connectivity index is 1.96. The number of thiazole rings is 1. The summed E-state index contributed by atoms with van der Waals surface area (Å²) in [5.74, 6) is -3.05. The van der Waals surface area contributed by atoms with Crippen molar-refractivity contribution < 1.29 is 18.3 Å². The maximum absolute atomic E-state index is 13.1. The van der Waals surface area contributed by atoms with Gasteiger partial charge in [-0.15, -0.1) is 11.3 Å². The van der Waals surface area contributed by atoms with E-state index < -0.39 is 5.92 Å². The van der Waals surface area contributed by atoms with E-state index in [1.807, 2.05) is 0 Å². The first-order valence-corrected chi connectivity index (χ1v) is 6.86. The van der Waals surface area contributed by atoms with Crippen molar-refractivity contribution in [1.82, 2.24) is 4.98 Å². The van der Waals surface area contributed by atoms with Crippen molar-refractivity contribution >= 4 is 17.3 Å². The maximum atomic E-state index is 13.1. The standard InChI is InChI=1S/C12H15F2NO2S/c1-2-17-10(16)5-9-7-18-11(15-9)8-3-4-12(13,14)6-8/h7-8H,2-6H2,1H3. The van der Waals surface area contributed by atoms with Crippen LogP contribution in [-0.2, 0) is 16.0 Å². The van der Waals surface area contributed by atoms with Gasteiger partial charge >= 0.3 is 5.97 Å². The molecule has 0 N–H and O–H groups in total. The van der Waals surface area contributed by atoms with Crippen LogP contribution in [0.5, 0.6) is 0 Å². The fraction of sp³-hybridized carbons (Fsp3) is 0.667. The molecule has 0 radical (unpaired) electrons. The molecule has 1 aromatic heterocycles. The Hall–Kier alpha value is -1.04. The third-order valence-electron chi connectivity index (χ3n) is 2.95. The summed E-state index contributed by atoms with van der Waals surface area (Å²) in [7, 11) is 0. The van der Waals surface area contributed by atoms with Gasteiger partial charge in [0.2, 0.25) is 5.92 Å². The molecule has 0 bridgehead atoms. The van der Waals surface area contributed by atoms with E-state index in [0.717, 1.165) is 0 Å². The fourth-order valence-corrected chi connectivity index (χ4v) is 3.07. The summed E-state index contributed by atoms with van der Waals surface area (Å²) in [5, 5.41) is 2.47. The first-order valence-electron chi connectivity index (χ1n) is 5.98. The molecule has 100 valence electrons. The predicted octanol–water partition coefficient (Wildman–Crippen LogP) is 3.15. The van der Waals surface area contributed by atoms with Gasteiger partial charge in [-0.2, -0.15) is 0 Å². The molecule has 1 saturated carbocycles. The number of halogens is 2. The van der Waals surface area contributed by atoms with Crippen LogP contribution in [0.1, 0.15) is 42.8 Å². The first-order chi connectivity index (χ1) is 8.50. The van der Waals surface area contributed by atoms with E-state index in [0.29, 0.717) is 23.7 Å². The fourth-order valence-electron chi connectivity index (χ4n) is 2.11. The SMILES string of the molecule is CCOC(=O)Cc1csc(C2CCC(F)(F)C2)n1. The highest BCUT2D eigenvalue weighted by Gasteiger charge is 2.41. The molecule has 2 rings (SSSR count). The highest BCUT2D eigenvalue weighted by atomic mass is 32.1. The van der Waals surface area contributed by atoms with Gasteiger partial charge in [-0.25, -0.2) is 13.8 Å². The molecule has 1 aromatic rings. The largest absolute Gasteiger partial charge is 0.466 e. The monoisotopic (exact) mass is 275 g/mol. The summed E-state index contributed by atoms with van der Waals surface area (Å²) < 4.78 is 31.0. The maximum Gasteiger partial charge on any atom is 0.311 e. The second-order valence-corrected chi connectivity index (χ2v) is 5.34. The van der Waals surface area contributed by atoms with Crippen molar-refractivity contribution in [3.8, 4) is 0 Å². The van der Waals surface area contributed by atoms with Crippen molar-refractivity contribution in [3.05, 3.63) is 16.1 Å². The molecule has 0 aliphatic heterocycles. The smallest absolute Gasteiger partial charge is 0.311 e. The molecule has 1 heterocycles.